The van der Waals surface area contributed by atoms with Crippen molar-refractivity contribution in [3.05, 3.63) is 95.6 Å². The Labute approximate surface area is 158 Å². The molecule has 0 saturated carbocycles. The number of nitrogens with one attached hydrogen (secondary N) is 1. The van der Waals surface area contributed by atoms with Gasteiger partial charge in [-0.25, -0.2) is 5.43 Å². The number of nitrogen functional groups attached to an aromatic ring is 1. The van der Waals surface area contributed by atoms with Crippen LogP contribution >= 0.6 is 0 Å². The van der Waals surface area contributed by atoms with Crippen LogP contribution in [0.2, 0.25) is 0 Å². The van der Waals surface area contributed by atoms with Gasteiger partial charge in [-0.1, -0.05) is 42.5 Å². The predicted octanol–water partition coefficient (Wildman–Crippen LogP) is 4.00. The molecule has 0 saturated heterocycles. The fourth-order valence-electron chi connectivity index (χ4n) is 2.43. The lowest BCUT2D eigenvalue weighted by Crippen LogP contribution is -2.19. The molecule has 0 aliphatic carbocycles. The van der Waals surface area contributed by atoms with Crippen LogP contribution < -0.4 is 15.9 Å². The molecule has 0 spiro atoms. The van der Waals surface area contributed by atoms with Crippen LogP contribution in [0.15, 0.2) is 84.0 Å². The summed E-state index contributed by atoms with van der Waals surface area (Å²) in [6.07, 6.45) is 0. The minimum Gasteiger partial charge on any atom is -0.489 e. The lowest BCUT2D eigenvalue weighted by atomic mass is 10.1. The van der Waals surface area contributed by atoms with Crippen molar-refractivity contribution in [1.82, 2.24) is 5.43 Å². The number of benzene rings is 3. The maximum atomic E-state index is 12.2. The molecule has 5 nitrogen and oxygen atoms in total. The van der Waals surface area contributed by atoms with E-state index >= 15 is 0 Å². The van der Waals surface area contributed by atoms with E-state index in [0.29, 0.717) is 29.3 Å². The van der Waals surface area contributed by atoms with E-state index in [1.807, 2.05) is 49.4 Å². The molecule has 0 aliphatic heterocycles. The van der Waals surface area contributed by atoms with Gasteiger partial charge in [-0.15, -0.1) is 0 Å². The average molecular weight is 359 g/mol. The maximum Gasteiger partial charge on any atom is 0.271 e. The van der Waals surface area contributed by atoms with Crippen molar-refractivity contribution in [2.24, 2.45) is 5.10 Å². The van der Waals surface area contributed by atoms with Gasteiger partial charge >= 0.3 is 0 Å². The van der Waals surface area contributed by atoms with E-state index in [9.17, 15) is 4.79 Å². The Morgan fingerprint density at radius 2 is 1.56 bits per heavy atom. The second kappa shape index (κ2) is 8.67. The molecule has 0 bridgehead atoms. The third-order valence-corrected chi connectivity index (χ3v) is 4.02. The largest absolute Gasteiger partial charge is 0.489 e. The van der Waals surface area contributed by atoms with Crippen LogP contribution in [0, 0.1) is 0 Å². The van der Waals surface area contributed by atoms with Gasteiger partial charge in [0.2, 0.25) is 0 Å². The van der Waals surface area contributed by atoms with Gasteiger partial charge in [0.1, 0.15) is 12.4 Å². The number of nitrogens with two attached hydrogens (primary N) is 1. The highest BCUT2D eigenvalue weighted by molar-refractivity contribution is 6.01. The predicted molar refractivity (Wildman–Crippen MR) is 108 cm³/mol. The number of hydrogen-bond acceptors (Lipinski definition) is 4. The van der Waals surface area contributed by atoms with E-state index in [1.54, 1.807) is 36.4 Å². The molecule has 0 fully saturated rings. The highest BCUT2D eigenvalue weighted by Gasteiger charge is 2.06. The zero-order valence-corrected chi connectivity index (χ0v) is 15.1. The third-order valence-electron chi connectivity index (χ3n) is 4.02. The van der Waals surface area contributed by atoms with Gasteiger partial charge < -0.3 is 10.5 Å². The molecule has 3 aromatic carbocycles. The summed E-state index contributed by atoms with van der Waals surface area (Å²) in [6, 6.07) is 24.2. The Bertz CT molecular complexity index is 918. The van der Waals surface area contributed by atoms with Crippen molar-refractivity contribution >= 4 is 17.3 Å². The van der Waals surface area contributed by atoms with E-state index in [1.165, 1.54) is 0 Å². The topological polar surface area (TPSA) is 76.7 Å². The quantitative estimate of drug-likeness (QED) is 0.397. The summed E-state index contributed by atoms with van der Waals surface area (Å²) in [5.74, 6) is 0.427. The molecule has 0 heterocycles. The highest BCUT2D eigenvalue weighted by atomic mass is 16.5. The fourth-order valence-corrected chi connectivity index (χ4v) is 2.43. The Kier molecular flexibility index (Phi) is 5.84. The van der Waals surface area contributed by atoms with Gasteiger partial charge in [-0.05, 0) is 54.4 Å². The van der Waals surface area contributed by atoms with Crippen LogP contribution in [0.4, 0.5) is 5.69 Å². The van der Waals surface area contributed by atoms with E-state index in [2.05, 4.69) is 10.5 Å². The first-order valence-corrected chi connectivity index (χ1v) is 8.59. The lowest BCUT2D eigenvalue weighted by molar-refractivity contribution is 0.0955. The maximum absolute atomic E-state index is 12.2. The molecule has 1 amide bonds. The summed E-state index contributed by atoms with van der Waals surface area (Å²) in [5, 5.41) is 4.14. The first-order valence-electron chi connectivity index (χ1n) is 8.59. The van der Waals surface area contributed by atoms with Gasteiger partial charge in [-0.2, -0.15) is 5.10 Å². The van der Waals surface area contributed by atoms with Crippen LogP contribution in [-0.2, 0) is 6.61 Å². The van der Waals surface area contributed by atoms with Crippen molar-refractivity contribution in [3.63, 3.8) is 0 Å². The molecule has 0 atom stereocenters. The van der Waals surface area contributed by atoms with Crippen molar-refractivity contribution in [3.8, 4) is 5.75 Å². The van der Waals surface area contributed by atoms with Gasteiger partial charge in [-0.3, -0.25) is 4.79 Å². The Balaban J connectivity index is 1.57. The third kappa shape index (κ3) is 5.19. The van der Waals surface area contributed by atoms with Crippen LogP contribution in [0.1, 0.15) is 28.4 Å². The normalized spacial score (nSPS) is 11.1. The Morgan fingerprint density at radius 3 is 2.22 bits per heavy atom. The molecular formula is C22H21N3O2. The number of hydrogen-bond donors (Lipinski definition) is 2. The highest BCUT2D eigenvalue weighted by Crippen LogP contribution is 2.14. The van der Waals surface area contributed by atoms with E-state index < -0.39 is 0 Å². The molecule has 3 aromatic rings. The number of ether oxygens (including phenoxy) is 1. The second-order valence-electron chi connectivity index (χ2n) is 6.06. The number of amides is 1. The molecule has 0 aliphatic rings. The minimum atomic E-state index is -0.278. The first kappa shape index (κ1) is 18.2. The van der Waals surface area contributed by atoms with Crippen molar-refractivity contribution in [2.75, 3.05) is 5.73 Å². The number of carbonyl (C=O) groups is 1. The SMILES string of the molecule is CC(=NNC(=O)c1ccc(OCc2ccccc2)cc1)c1ccc(N)cc1. The van der Waals surface area contributed by atoms with Gasteiger partial charge in [0.25, 0.3) is 5.91 Å². The Hall–Kier alpha value is -3.60. The second-order valence-corrected chi connectivity index (χ2v) is 6.06. The molecular weight excluding hydrogens is 338 g/mol. The van der Waals surface area contributed by atoms with E-state index in [-0.39, 0.29) is 5.91 Å². The molecule has 0 aromatic heterocycles. The van der Waals surface area contributed by atoms with Crippen LogP contribution in [0.25, 0.3) is 0 Å². The Morgan fingerprint density at radius 1 is 0.926 bits per heavy atom. The summed E-state index contributed by atoms with van der Waals surface area (Å²) in [5.41, 5.74) is 12.1. The average Bonchev–Trinajstić information content (AvgIpc) is 2.72. The first-order chi connectivity index (χ1) is 13.1. The molecule has 3 rings (SSSR count). The summed E-state index contributed by atoms with van der Waals surface area (Å²) >= 11 is 0. The van der Waals surface area contributed by atoms with Gasteiger partial charge in [0, 0.05) is 11.3 Å². The summed E-state index contributed by atoms with van der Waals surface area (Å²) in [4.78, 5) is 12.2. The molecule has 0 unspecified atom stereocenters. The number of hydrazone groups is 1. The van der Waals surface area contributed by atoms with E-state index in [0.717, 1.165) is 11.1 Å². The number of carbonyl (C=O) groups excluding carboxylic acids is 1. The van der Waals surface area contributed by atoms with Crippen LogP contribution in [-0.4, -0.2) is 11.6 Å². The number of rotatable bonds is 6. The minimum absolute atomic E-state index is 0.278. The fraction of sp³-hybridized carbons (Fsp3) is 0.0909. The van der Waals surface area contributed by atoms with Gasteiger partial charge in [0.15, 0.2) is 0 Å². The summed E-state index contributed by atoms with van der Waals surface area (Å²) in [7, 11) is 0. The zero-order valence-electron chi connectivity index (χ0n) is 15.1. The zero-order chi connectivity index (χ0) is 19.1. The molecule has 5 heteroatoms. The number of nitrogens with zero attached hydrogens (tertiary/aromatic N) is 1. The lowest BCUT2D eigenvalue weighted by Gasteiger charge is -2.07. The van der Waals surface area contributed by atoms with Crippen LogP contribution in [0.3, 0.4) is 0 Å². The molecule has 3 N–H and O–H groups in total. The van der Waals surface area contributed by atoms with Crippen molar-refractivity contribution in [1.29, 1.82) is 0 Å². The summed E-state index contributed by atoms with van der Waals surface area (Å²) in [6.45, 7) is 2.31. The van der Waals surface area contributed by atoms with E-state index in [4.69, 9.17) is 10.5 Å². The standard InChI is InChI=1S/C22H21N3O2/c1-16(18-7-11-20(23)12-8-18)24-25-22(26)19-9-13-21(14-10-19)27-15-17-5-3-2-4-6-17/h2-14H,15,23H2,1H3,(H,25,26). The monoisotopic (exact) mass is 359 g/mol. The summed E-state index contributed by atoms with van der Waals surface area (Å²) < 4.78 is 5.72. The smallest absolute Gasteiger partial charge is 0.271 e. The van der Waals surface area contributed by atoms with Gasteiger partial charge in [0.05, 0.1) is 5.71 Å². The van der Waals surface area contributed by atoms with Crippen molar-refractivity contribution < 1.29 is 9.53 Å². The molecule has 136 valence electrons. The van der Waals surface area contributed by atoms with Crippen molar-refractivity contribution in [2.45, 2.75) is 13.5 Å². The molecule has 0 radical (unpaired) electrons. The van der Waals surface area contributed by atoms with Crippen LogP contribution in [0.5, 0.6) is 5.75 Å². The molecule has 27 heavy (non-hydrogen) atoms. The number of anilines is 1.